The van der Waals surface area contributed by atoms with Crippen LogP contribution in [0.5, 0.6) is 0 Å². The maximum atomic E-state index is 5.96. The molecule has 1 N–H and O–H groups in total. The van der Waals surface area contributed by atoms with E-state index in [1.807, 2.05) is 13.3 Å². The highest BCUT2D eigenvalue weighted by atomic mass is 16.5. The van der Waals surface area contributed by atoms with E-state index in [0.717, 1.165) is 39.1 Å². The molecule has 0 radical (unpaired) electrons. The third-order valence-electron chi connectivity index (χ3n) is 3.76. The highest BCUT2D eigenvalue weighted by molar-refractivity contribution is 5.13. The molecule has 0 aromatic heterocycles. The van der Waals surface area contributed by atoms with E-state index in [0.29, 0.717) is 6.04 Å². The van der Waals surface area contributed by atoms with Crippen LogP contribution >= 0.6 is 0 Å². The van der Waals surface area contributed by atoms with Gasteiger partial charge in [-0.05, 0) is 38.4 Å². The van der Waals surface area contributed by atoms with Crippen LogP contribution in [0, 0.1) is 0 Å². The van der Waals surface area contributed by atoms with Crippen LogP contribution < -0.4 is 5.32 Å². The molecule has 0 aromatic rings. The van der Waals surface area contributed by atoms with E-state index in [1.165, 1.54) is 18.5 Å². The molecule has 0 amide bonds. The zero-order valence-electron chi connectivity index (χ0n) is 11.7. The number of nitrogens with zero attached hydrogens (tertiary/aromatic N) is 1. The second-order valence-corrected chi connectivity index (χ2v) is 5.14. The van der Waals surface area contributed by atoms with Crippen LogP contribution in [0.2, 0.25) is 0 Å². The van der Waals surface area contributed by atoms with Crippen molar-refractivity contribution in [1.82, 2.24) is 10.2 Å². The Labute approximate surface area is 110 Å². The topological polar surface area (TPSA) is 33.7 Å². The monoisotopic (exact) mass is 254 g/mol. The van der Waals surface area contributed by atoms with Gasteiger partial charge in [0.2, 0.25) is 0 Å². The summed E-state index contributed by atoms with van der Waals surface area (Å²) < 4.78 is 11.4. The molecule has 2 unspecified atom stereocenters. The standard InChI is InChI=1S/C14H26N2O2/c1-3-6-16-7-9-18-13(10-16)14(15-2)12-5-4-8-17-11-12/h11,13-15H,3-10H2,1-2H3. The van der Waals surface area contributed by atoms with Gasteiger partial charge in [0.05, 0.1) is 31.6 Å². The minimum absolute atomic E-state index is 0.253. The number of rotatable bonds is 5. The predicted molar refractivity (Wildman–Crippen MR) is 72.6 cm³/mol. The van der Waals surface area contributed by atoms with Crippen LogP contribution in [0.3, 0.4) is 0 Å². The molecule has 2 rings (SSSR count). The fourth-order valence-electron chi connectivity index (χ4n) is 2.88. The lowest BCUT2D eigenvalue weighted by atomic mass is 9.96. The molecule has 0 saturated carbocycles. The van der Waals surface area contributed by atoms with Crippen LogP contribution in [0.1, 0.15) is 26.2 Å². The van der Waals surface area contributed by atoms with Crippen LogP contribution in [0.15, 0.2) is 11.8 Å². The Hall–Kier alpha value is -0.580. The Morgan fingerprint density at radius 3 is 3.06 bits per heavy atom. The van der Waals surface area contributed by atoms with Crippen molar-refractivity contribution in [3.8, 4) is 0 Å². The highest BCUT2D eigenvalue weighted by Crippen LogP contribution is 2.21. The molecule has 104 valence electrons. The summed E-state index contributed by atoms with van der Waals surface area (Å²) in [5.74, 6) is 0. The first-order valence-corrected chi connectivity index (χ1v) is 7.17. The van der Waals surface area contributed by atoms with Gasteiger partial charge in [-0.2, -0.15) is 0 Å². The predicted octanol–water partition coefficient (Wildman–Crippen LogP) is 1.38. The molecule has 4 nitrogen and oxygen atoms in total. The summed E-state index contributed by atoms with van der Waals surface area (Å²) in [7, 11) is 2.02. The van der Waals surface area contributed by atoms with Gasteiger partial charge >= 0.3 is 0 Å². The molecule has 2 heterocycles. The number of hydrogen-bond donors (Lipinski definition) is 1. The summed E-state index contributed by atoms with van der Waals surface area (Å²) in [6.07, 6.45) is 5.65. The van der Waals surface area contributed by atoms with Crippen molar-refractivity contribution in [2.24, 2.45) is 0 Å². The Bertz CT molecular complexity index is 279. The van der Waals surface area contributed by atoms with Gasteiger partial charge in [-0.3, -0.25) is 4.90 Å². The fourth-order valence-corrected chi connectivity index (χ4v) is 2.88. The normalized spacial score (nSPS) is 27.4. The van der Waals surface area contributed by atoms with Gasteiger partial charge in [-0.25, -0.2) is 0 Å². The number of likely N-dealkylation sites (N-methyl/N-ethyl adjacent to an activating group) is 1. The van der Waals surface area contributed by atoms with Gasteiger partial charge in [-0.15, -0.1) is 0 Å². The molecular weight excluding hydrogens is 228 g/mol. The second-order valence-electron chi connectivity index (χ2n) is 5.14. The first kappa shape index (κ1) is 13.8. The van der Waals surface area contributed by atoms with E-state index in [2.05, 4.69) is 17.1 Å². The van der Waals surface area contributed by atoms with E-state index in [-0.39, 0.29) is 6.10 Å². The molecule has 1 fully saturated rings. The molecule has 0 aliphatic carbocycles. The van der Waals surface area contributed by atoms with Gasteiger partial charge in [-0.1, -0.05) is 6.92 Å². The summed E-state index contributed by atoms with van der Waals surface area (Å²) in [6.45, 7) is 7.20. The Kier molecular flexibility index (Phi) is 5.47. The zero-order valence-corrected chi connectivity index (χ0v) is 11.7. The SMILES string of the molecule is CCCN1CCOC(C(NC)C2=COCCC2)C1. The summed E-state index contributed by atoms with van der Waals surface area (Å²) in [5, 5.41) is 3.40. The smallest absolute Gasteiger partial charge is 0.0894 e. The minimum atomic E-state index is 0.253. The van der Waals surface area contributed by atoms with Crippen molar-refractivity contribution in [2.45, 2.75) is 38.3 Å². The highest BCUT2D eigenvalue weighted by Gasteiger charge is 2.30. The summed E-state index contributed by atoms with van der Waals surface area (Å²) >= 11 is 0. The van der Waals surface area contributed by atoms with E-state index >= 15 is 0 Å². The quantitative estimate of drug-likeness (QED) is 0.803. The lowest BCUT2D eigenvalue weighted by Crippen LogP contribution is -2.52. The summed E-state index contributed by atoms with van der Waals surface area (Å²) in [4.78, 5) is 2.50. The number of morpholine rings is 1. The molecule has 2 atom stereocenters. The Morgan fingerprint density at radius 2 is 2.39 bits per heavy atom. The first-order valence-electron chi connectivity index (χ1n) is 7.17. The fraction of sp³-hybridized carbons (Fsp3) is 0.857. The van der Waals surface area contributed by atoms with E-state index in [4.69, 9.17) is 9.47 Å². The average Bonchev–Trinajstić information content (AvgIpc) is 2.42. The first-order chi connectivity index (χ1) is 8.85. The number of nitrogens with one attached hydrogen (secondary N) is 1. The Balaban J connectivity index is 1.96. The third-order valence-corrected chi connectivity index (χ3v) is 3.76. The lowest BCUT2D eigenvalue weighted by Gasteiger charge is -2.38. The molecule has 18 heavy (non-hydrogen) atoms. The van der Waals surface area contributed by atoms with E-state index < -0.39 is 0 Å². The lowest BCUT2D eigenvalue weighted by molar-refractivity contribution is -0.0407. The van der Waals surface area contributed by atoms with Crippen molar-refractivity contribution in [1.29, 1.82) is 0 Å². The number of ether oxygens (including phenoxy) is 2. The van der Waals surface area contributed by atoms with Crippen LogP contribution in [0.25, 0.3) is 0 Å². The Morgan fingerprint density at radius 1 is 1.50 bits per heavy atom. The largest absolute Gasteiger partial charge is 0.501 e. The molecule has 4 heteroatoms. The van der Waals surface area contributed by atoms with Crippen molar-refractivity contribution in [3.05, 3.63) is 11.8 Å². The molecule has 0 bridgehead atoms. The molecule has 2 aliphatic heterocycles. The zero-order chi connectivity index (χ0) is 12.8. The van der Waals surface area contributed by atoms with Crippen LogP contribution in [-0.2, 0) is 9.47 Å². The summed E-state index contributed by atoms with van der Waals surface area (Å²) in [6, 6.07) is 0.296. The molecule has 0 aromatic carbocycles. The van der Waals surface area contributed by atoms with Crippen molar-refractivity contribution in [3.63, 3.8) is 0 Å². The van der Waals surface area contributed by atoms with Crippen molar-refractivity contribution < 1.29 is 9.47 Å². The van der Waals surface area contributed by atoms with Crippen molar-refractivity contribution >= 4 is 0 Å². The maximum Gasteiger partial charge on any atom is 0.0894 e. The van der Waals surface area contributed by atoms with Gasteiger partial charge < -0.3 is 14.8 Å². The number of hydrogen-bond acceptors (Lipinski definition) is 4. The van der Waals surface area contributed by atoms with Crippen molar-refractivity contribution in [2.75, 3.05) is 39.9 Å². The van der Waals surface area contributed by atoms with Gasteiger partial charge in [0.1, 0.15) is 0 Å². The van der Waals surface area contributed by atoms with Gasteiger partial charge in [0.25, 0.3) is 0 Å². The third kappa shape index (κ3) is 3.46. The average molecular weight is 254 g/mol. The van der Waals surface area contributed by atoms with Gasteiger partial charge in [0, 0.05) is 13.1 Å². The molecule has 2 aliphatic rings. The summed E-state index contributed by atoms with van der Waals surface area (Å²) in [5.41, 5.74) is 1.35. The second kappa shape index (κ2) is 7.12. The van der Waals surface area contributed by atoms with Crippen LogP contribution in [-0.4, -0.2) is 56.9 Å². The minimum Gasteiger partial charge on any atom is -0.501 e. The van der Waals surface area contributed by atoms with E-state index in [9.17, 15) is 0 Å². The molecular formula is C14H26N2O2. The van der Waals surface area contributed by atoms with Crippen LogP contribution in [0.4, 0.5) is 0 Å². The maximum absolute atomic E-state index is 5.96. The molecule has 0 spiro atoms. The molecule has 1 saturated heterocycles. The van der Waals surface area contributed by atoms with E-state index in [1.54, 1.807) is 0 Å². The van der Waals surface area contributed by atoms with Gasteiger partial charge in [0.15, 0.2) is 0 Å².